The fourth-order valence-electron chi connectivity index (χ4n) is 3.91. The maximum atomic E-state index is 12.9. The molecule has 6 nitrogen and oxygen atoms in total. The quantitative estimate of drug-likeness (QED) is 0.884. The molecular formula is C21H24N4O2. The van der Waals surface area contributed by atoms with Gasteiger partial charge in [0.2, 0.25) is 11.8 Å². The number of nitrogens with one attached hydrogen (secondary N) is 1. The first-order chi connectivity index (χ1) is 13.1. The molecule has 0 bridgehead atoms. The molecule has 0 radical (unpaired) electrons. The summed E-state index contributed by atoms with van der Waals surface area (Å²) in [6.45, 7) is 4.55. The van der Waals surface area contributed by atoms with Crippen molar-refractivity contribution in [1.29, 1.82) is 0 Å². The topological polar surface area (TPSA) is 65.5 Å². The highest BCUT2D eigenvalue weighted by atomic mass is 16.2. The largest absolute Gasteiger partial charge is 0.342 e. The molecule has 2 atom stereocenters. The normalized spacial score (nSPS) is 23.1. The van der Waals surface area contributed by atoms with Crippen molar-refractivity contribution in [2.45, 2.75) is 32.0 Å². The maximum Gasteiger partial charge on any atom is 0.246 e. The summed E-state index contributed by atoms with van der Waals surface area (Å²) in [5.74, 6) is -0.0331. The molecule has 2 fully saturated rings. The monoisotopic (exact) mass is 364 g/mol. The highest BCUT2D eigenvalue weighted by Crippen LogP contribution is 2.19. The van der Waals surface area contributed by atoms with Crippen LogP contribution in [0, 0.1) is 6.92 Å². The molecule has 2 saturated heterocycles. The van der Waals surface area contributed by atoms with Crippen molar-refractivity contribution in [1.82, 2.24) is 20.1 Å². The first-order valence-corrected chi connectivity index (χ1v) is 9.40. The van der Waals surface area contributed by atoms with Crippen molar-refractivity contribution in [3.05, 3.63) is 65.5 Å². The van der Waals surface area contributed by atoms with Gasteiger partial charge in [-0.1, -0.05) is 36.4 Å². The first kappa shape index (κ1) is 17.7. The second kappa shape index (κ2) is 7.48. The van der Waals surface area contributed by atoms with E-state index < -0.39 is 12.1 Å². The zero-order valence-corrected chi connectivity index (χ0v) is 15.5. The van der Waals surface area contributed by atoms with Gasteiger partial charge in [0.1, 0.15) is 12.1 Å². The lowest BCUT2D eigenvalue weighted by Gasteiger charge is -2.45. The number of piperazine rings is 2. The smallest absolute Gasteiger partial charge is 0.246 e. The second-order valence-electron chi connectivity index (χ2n) is 7.30. The molecular weight excluding hydrogens is 340 g/mol. The molecule has 4 rings (SSSR count). The minimum absolute atomic E-state index is 0.0248. The first-order valence-electron chi connectivity index (χ1n) is 9.40. The van der Waals surface area contributed by atoms with Gasteiger partial charge in [-0.3, -0.25) is 19.5 Å². The van der Waals surface area contributed by atoms with Crippen LogP contribution in [0.15, 0.2) is 48.5 Å². The predicted octanol–water partition coefficient (Wildman–Crippen LogP) is 1.14. The molecule has 2 aliphatic rings. The SMILES string of the molecule is Cc1cccc(CN2CCN3C(=O)[C@H](Cc4ccccc4)NC(=O)[C@H]3C2)n1. The van der Waals surface area contributed by atoms with Gasteiger partial charge < -0.3 is 10.2 Å². The van der Waals surface area contributed by atoms with Crippen LogP contribution in [0.4, 0.5) is 0 Å². The zero-order chi connectivity index (χ0) is 18.8. The molecule has 2 amide bonds. The lowest BCUT2D eigenvalue weighted by atomic mass is 9.98. The van der Waals surface area contributed by atoms with Crippen LogP contribution in [-0.4, -0.2) is 58.3 Å². The van der Waals surface area contributed by atoms with E-state index in [-0.39, 0.29) is 11.8 Å². The van der Waals surface area contributed by atoms with Gasteiger partial charge in [-0.2, -0.15) is 0 Å². The van der Waals surface area contributed by atoms with E-state index in [1.54, 1.807) is 4.90 Å². The van der Waals surface area contributed by atoms with E-state index in [0.717, 1.165) is 23.5 Å². The number of aryl methyl sites for hydroxylation is 1. The number of aromatic nitrogens is 1. The maximum absolute atomic E-state index is 12.9. The van der Waals surface area contributed by atoms with Crippen LogP contribution in [0.2, 0.25) is 0 Å². The van der Waals surface area contributed by atoms with Crippen molar-refractivity contribution in [2.24, 2.45) is 0 Å². The highest BCUT2D eigenvalue weighted by molar-refractivity contribution is 5.97. The van der Waals surface area contributed by atoms with E-state index in [1.165, 1.54) is 0 Å². The summed E-state index contributed by atoms with van der Waals surface area (Å²) in [5.41, 5.74) is 3.03. The summed E-state index contributed by atoms with van der Waals surface area (Å²) in [7, 11) is 0. The number of nitrogens with zero attached hydrogens (tertiary/aromatic N) is 3. The van der Waals surface area contributed by atoms with Crippen LogP contribution in [0.3, 0.4) is 0 Å². The third kappa shape index (κ3) is 3.85. The molecule has 2 aliphatic heterocycles. The van der Waals surface area contributed by atoms with Gasteiger partial charge in [0.25, 0.3) is 0 Å². The highest BCUT2D eigenvalue weighted by Gasteiger charge is 2.43. The molecule has 0 spiro atoms. The Balaban J connectivity index is 1.42. The third-order valence-electron chi connectivity index (χ3n) is 5.28. The van der Waals surface area contributed by atoms with Crippen LogP contribution < -0.4 is 5.32 Å². The molecule has 0 aliphatic carbocycles. The fourth-order valence-corrected chi connectivity index (χ4v) is 3.91. The lowest BCUT2D eigenvalue weighted by molar-refractivity contribution is -0.153. The van der Waals surface area contributed by atoms with Crippen molar-refractivity contribution in [2.75, 3.05) is 19.6 Å². The van der Waals surface area contributed by atoms with Gasteiger partial charge in [-0.15, -0.1) is 0 Å². The van der Waals surface area contributed by atoms with Crippen molar-refractivity contribution in [3.8, 4) is 0 Å². The molecule has 140 valence electrons. The third-order valence-corrected chi connectivity index (χ3v) is 5.28. The van der Waals surface area contributed by atoms with Crippen molar-refractivity contribution >= 4 is 11.8 Å². The van der Waals surface area contributed by atoms with Gasteiger partial charge in [-0.05, 0) is 24.6 Å². The van der Waals surface area contributed by atoms with Gasteiger partial charge in [0.05, 0.1) is 5.69 Å². The number of rotatable bonds is 4. The number of hydrogen-bond acceptors (Lipinski definition) is 4. The van der Waals surface area contributed by atoms with Crippen LogP contribution in [-0.2, 0) is 22.6 Å². The Hall–Kier alpha value is -2.73. The number of amides is 2. The van der Waals surface area contributed by atoms with E-state index in [2.05, 4.69) is 15.2 Å². The molecule has 0 saturated carbocycles. The molecule has 6 heteroatoms. The van der Waals surface area contributed by atoms with E-state index in [4.69, 9.17) is 0 Å². The van der Waals surface area contributed by atoms with E-state index in [1.807, 2.05) is 55.5 Å². The number of fused-ring (bicyclic) bond motifs is 1. The number of carbonyl (C=O) groups is 2. The number of carbonyl (C=O) groups excluding carboxylic acids is 2. The Morgan fingerprint density at radius 3 is 2.67 bits per heavy atom. The summed E-state index contributed by atoms with van der Waals surface area (Å²) in [6, 6.07) is 14.9. The van der Waals surface area contributed by atoms with Crippen molar-refractivity contribution < 1.29 is 9.59 Å². The number of benzene rings is 1. The summed E-state index contributed by atoms with van der Waals surface area (Å²) < 4.78 is 0. The van der Waals surface area contributed by atoms with Gasteiger partial charge in [0, 0.05) is 38.3 Å². The minimum atomic E-state index is -0.471. The molecule has 0 unspecified atom stereocenters. The Bertz CT molecular complexity index is 839. The second-order valence-corrected chi connectivity index (χ2v) is 7.30. The Morgan fingerprint density at radius 1 is 1.07 bits per heavy atom. The van der Waals surface area contributed by atoms with E-state index in [0.29, 0.717) is 26.1 Å². The summed E-state index contributed by atoms with van der Waals surface area (Å²) >= 11 is 0. The molecule has 3 heterocycles. The van der Waals surface area contributed by atoms with Crippen LogP contribution >= 0.6 is 0 Å². The number of hydrogen-bond donors (Lipinski definition) is 1. The van der Waals surface area contributed by atoms with Gasteiger partial charge >= 0.3 is 0 Å². The average Bonchev–Trinajstić information content (AvgIpc) is 2.67. The fraction of sp³-hybridized carbons (Fsp3) is 0.381. The van der Waals surface area contributed by atoms with Crippen LogP contribution in [0.1, 0.15) is 17.0 Å². The number of pyridine rings is 1. The summed E-state index contributed by atoms with van der Waals surface area (Å²) in [5, 5.41) is 2.93. The van der Waals surface area contributed by atoms with Crippen LogP contribution in [0.5, 0.6) is 0 Å². The van der Waals surface area contributed by atoms with E-state index >= 15 is 0 Å². The predicted molar refractivity (Wildman–Crippen MR) is 102 cm³/mol. The molecule has 1 N–H and O–H groups in total. The summed E-state index contributed by atoms with van der Waals surface area (Å²) in [6.07, 6.45) is 0.533. The molecule has 1 aromatic carbocycles. The van der Waals surface area contributed by atoms with Gasteiger partial charge in [-0.25, -0.2) is 0 Å². The van der Waals surface area contributed by atoms with Crippen LogP contribution in [0.25, 0.3) is 0 Å². The Kier molecular flexibility index (Phi) is 4.90. The molecule has 2 aromatic rings. The lowest BCUT2D eigenvalue weighted by Crippen LogP contribution is -2.69. The molecule has 27 heavy (non-hydrogen) atoms. The summed E-state index contributed by atoms with van der Waals surface area (Å²) in [4.78, 5) is 34.1. The zero-order valence-electron chi connectivity index (χ0n) is 15.5. The molecule has 1 aromatic heterocycles. The Morgan fingerprint density at radius 2 is 1.89 bits per heavy atom. The van der Waals surface area contributed by atoms with Gasteiger partial charge in [0.15, 0.2) is 0 Å². The minimum Gasteiger partial charge on any atom is -0.342 e. The Labute approximate surface area is 159 Å². The van der Waals surface area contributed by atoms with E-state index in [9.17, 15) is 9.59 Å². The van der Waals surface area contributed by atoms with Crippen molar-refractivity contribution in [3.63, 3.8) is 0 Å². The average molecular weight is 364 g/mol. The standard InChI is InChI=1S/C21H24N4O2/c1-15-6-5-9-17(22-15)13-24-10-11-25-19(14-24)20(26)23-18(21(25)27)12-16-7-3-2-4-8-16/h2-9,18-19H,10-14H2,1H3,(H,23,26)/t18-,19+/m0/s1.